The SMILES string of the molecule is CC1=C(C)c2ccsc2CN1. The van der Waals surface area contributed by atoms with Crippen LogP contribution in [0.3, 0.4) is 0 Å². The van der Waals surface area contributed by atoms with Crippen molar-refractivity contribution < 1.29 is 0 Å². The number of fused-ring (bicyclic) bond motifs is 1. The van der Waals surface area contributed by atoms with Gasteiger partial charge >= 0.3 is 0 Å². The average Bonchev–Trinajstić information content (AvgIpc) is 2.45. The Labute approximate surface area is 70.8 Å². The van der Waals surface area contributed by atoms with Crippen molar-refractivity contribution in [1.82, 2.24) is 5.32 Å². The highest BCUT2D eigenvalue weighted by Crippen LogP contribution is 2.29. The van der Waals surface area contributed by atoms with Gasteiger partial charge in [-0.2, -0.15) is 0 Å². The molecule has 1 aliphatic heterocycles. The first-order chi connectivity index (χ1) is 5.29. The van der Waals surface area contributed by atoms with Crippen LogP contribution in [0.2, 0.25) is 0 Å². The third kappa shape index (κ3) is 0.979. The topological polar surface area (TPSA) is 12.0 Å². The summed E-state index contributed by atoms with van der Waals surface area (Å²) in [6.45, 7) is 5.32. The molecule has 0 aromatic carbocycles. The number of nitrogens with one attached hydrogen (secondary N) is 1. The Bertz CT molecular complexity index is 309. The number of rotatable bonds is 0. The summed E-state index contributed by atoms with van der Waals surface area (Å²) in [5.41, 5.74) is 4.15. The van der Waals surface area contributed by atoms with E-state index in [2.05, 4.69) is 30.6 Å². The zero-order chi connectivity index (χ0) is 7.84. The van der Waals surface area contributed by atoms with Crippen molar-refractivity contribution in [2.45, 2.75) is 20.4 Å². The summed E-state index contributed by atoms with van der Waals surface area (Å²) in [7, 11) is 0. The Morgan fingerprint density at radius 1 is 1.45 bits per heavy atom. The first-order valence-electron chi connectivity index (χ1n) is 3.77. The highest BCUT2D eigenvalue weighted by molar-refractivity contribution is 7.10. The lowest BCUT2D eigenvalue weighted by Gasteiger charge is -2.17. The minimum absolute atomic E-state index is 1.01. The van der Waals surface area contributed by atoms with Crippen molar-refractivity contribution in [1.29, 1.82) is 0 Å². The molecular formula is C9H11NS. The van der Waals surface area contributed by atoms with Gasteiger partial charge in [-0.15, -0.1) is 11.3 Å². The summed E-state index contributed by atoms with van der Waals surface area (Å²) in [5.74, 6) is 0. The van der Waals surface area contributed by atoms with E-state index in [1.54, 1.807) is 0 Å². The zero-order valence-corrected chi connectivity index (χ0v) is 7.59. The maximum absolute atomic E-state index is 3.36. The van der Waals surface area contributed by atoms with Crippen LogP contribution < -0.4 is 5.32 Å². The van der Waals surface area contributed by atoms with Crippen LogP contribution in [0.15, 0.2) is 17.1 Å². The second kappa shape index (κ2) is 2.38. The molecule has 0 saturated carbocycles. The third-order valence-corrected chi connectivity index (χ3v) is 3.15. The summed E-state index contributed by atoms with van der Waals surface area (Å²) in [6.07, 6.45) is 0. The molecule has 2 heterocycles. The minimum Gasteiger partial charge on any atom is -0.383 e. The third-order valence-electron chi connectivity index (χ3n) is 2.23. The maximum Gasteiger partial charge on any atom is 0.0497 e. The zero-order valence-electron chi connectivity index (χ0n) is 6.77. The fourth-order valence-electron chi connectivity index (χ4n) is 1.36. The second-order valence-electron chi connectivity index (χ2n) is 2.86. The minimum atomic E-state index is 1.01. The molecule has 1 N–H and O–H groups in total. The molecule has 0 saturated heterocycles. The molecule has 0 bridgehead atoms. The van der Waals surface area contributed by atoms with E-state index in [0.717, 1.165) is 6.54 Å². The smallest absolute Gasteiger partial charge is 0.0497 e. The van der Waals surface area contributed by atoms with Gasteiger partial charge in [0.25, 0.3) is 0 Å². The molecule has 58 valence electrons. The standard InChI is InChI=1S/C9H11NS/c1-6-7(2)10-5-9-8(6)3-4-11-9/h3-4,10H,5H2,1-2H3. The summed E-state index contributed by atoms with van der Waals surface area (Å²) in [5, 5.41) is 5.53. The van der Waals surface area contributed by atoms with Gasteiger partial charge in [0.1, 0.15) is 0 Å². The van der Waals surface area contributed by atoms with Gasteiger partial charge in [0, 0.05) is 17.1 Å². The molecule has 1 aromatic rings. The van der Waals surface area contributed by atoms with E-state index in [0.29, 0.717) is 0 Å². The van der Waals surface area contributed by atoms with Crippen LogP contribution >= 0.6 is 11.3 Å². The van der Waals surface area contributed by atoms with Gasteiger partial charge in [-0.05, 0) is 36.4 Å². The normalized spacial score (nSPS) is 16.2. The molecular weight excluding hydrogens is 154 g/mol. The Hall–Kier alpha value is -0.760. The summed E-state index contributed by atoms with van der Waals surface area (Å²) in [6, 6.07) is 2.21. The highest BCUT2D eigenvalue weighted by atomic mass is 32.1. The molecule has 1 nitrogen and oxygen atoms in total. The maximum atomic E-state index is 3.36. The molecule has 2 heteroatoms. The van der Waals surface area contributed by atoms with E-state index in [9.17, 15) is 0 Å². The van der Waals surface area contributed by atoms with Crippen LogP contribution in [0, 0.1) is 0 Å². The van der Waals surface area contributed by atoms with E-state index in [4.69, 9.17) is 0 Å². The van der Waals surface area contributed by atoms with Gasteiger partial charge in [-0.3, -0.25) is 0 Å². The van der Waals surface area contributed by atoms with Crippen molar-refractivity contribution in [3.8, 4) is 0 Å². The van der Waals surface area contributed by atoms with E-state index >= 15 is 0 Å². The lowest BCUT2D eigenvalue weighted by molar-refractivity contribution is 0.808. The molecule has 1 aromatic heterocycles. The van der Waals surface area contributed by atoms with Gasteiger partial charge in [0.15, 0.2) is 0 Å². The Balaban J connectivity index is 2.57. The molecule has 0 fully saturated rings. The predicted octanol–water partition coefficient (Wildman–Crippen LogP) is 2.60. The van der Waals surface area contributed by atoms with Crippen LogP contribution in [0.4, 0.5) is 0 Å². The first kappa shape index (κ1) is 6.92. The second-order valence-corrected chi connectivity index (χ2v) is 3.86. The van der Waals surface area contributed by atoms with Crippen LogP contribution in [0.25, 0.3) is 5.57 Å². The highest BCUT2D eigenvalue weighted by Gasteiger charge is 2.12. The van der Waals surface area contributed by atoms with Gasteiger partial charge in [-0.1, -0.05) is 0 Å². The van der Waals surface area contributed by atoms with Crippen molar-refractivity contribution in [3.05, 3.63) is 27.6 Å². The summed E-state index contributed by atoms with van der Waals surface area (Å²) < 4.78 is 0. The van der Waals surface area contributed by atoms with Gasteiger partial charge < -0.3 is 5.32 Å². The van der Waals surface area contributed by atoms with E-state index in [-0.39, 0.29) is 0 Å². The van der Waals surface area contributed by atoms with Crippen LogP contribution in [-0.4, -0.2) is 0 Å². The Morgan fingerprint density at radius 2 is 2.27 bits per heavy atom. The van der Waals surface area contributed by atoms with Crippen LogP contribution in [-0.2, 0) is 6.54 Å². The molecule has 0 unspecified atom stereocenters. The largest absolute Gasteiger partial charge is 0.383 e. The van der Waals surface area contributed by atoms with E-state index in [1.807, 2.05) is 11.3 Å². The summed E-state index contributed by atoms with van der Waals surface area (Å²) >= 11 is 1.83. The molecule has 1 aliphatic rings. The van der Waals surface area contributed by atoms with Crippen LogP contribution in [0.5, 0.6) is 0 Å². The molecule has 11 heavy (non-hydrogen) atoms. The number of hydrogen-bond acceptors (Lipinski definition) is 2. The number of hydrogen-bond donors (Lipinski definition) is 1. The monoisotopic (exact) mass is 165 g/mol. The van der Waals surface area contributed by atoms with Gasteiger partial charge in [0.2, 0.25) is 0 Å². The Morgan fingerprint density at radius 3 is 3.09 bits per heavy atom. The molecule has 0 atom stereocenters. The lowest BCUT2D eigenvalue weighted by atomic mass is 10.0. The van der Waals surface area contributed by atoms with E-state index < -0.39 is 0 Å². The quantitative estimate of drug-likeness (QED) is 0.623. The molecule has 0 radical (unpaired) electrons. The van der Waals surface area contributed by atoms with Gasteiger partial charge in [-0.25, -0.2) is 0 Å². The molecule has 2 rings (SSSR count). The van der Waals surface area contributed by atoms with Crippen molar-refractivity contribution >= 4 is 16.9 Å². The number of thiophene rings is 1. The fourth-order valence-corrected chi connectivity index (χ4v) is 2.23. The number of allylic oxidation sites excluding steroid dienone is 2. The van der Waals surface area contributed by atoms with Crippen LogP contribution in [0.1, 0.15) is 24.3 Å². The van der Waals surface area contributed by atoms with Gasteiger partial charge in [0.05, 0.1) is 0 Å². The molecule has 0 spiro atoms. The van der Waals surface area contributed by atoms with Crippen molar-refractivity contribution in [3.63, 3.8) is 0 Å². The molecule has 0 aliphatic carbocycles. The molecule has 0 amide bonds. The predicted molar refractivity (Wildman–Crippen MR) is 49.4 cm³/mol. The van der Waals surface area contributed by atoms with Crippen molar-refractivity contribution in [2.24, 2.45) is 0 Å². The summed E-state index contributed by atoms with van der Waals surface area (Å²) in [4.78, 5) is 1.47. The van der Waals surface area contributed by atoms with Crippen molar-refractivity contribution in [2.75, 3.05) is 0 Å². The Kier molecular flexibility index (Phi) is 1.50. The first-order valence-corrected chi connectivity index (χ1v) is 4.65. The fraction of sp³-hybridized carbons (Fsp3) is 0.333. The average molecular weight is 165 g/mol. The van der Waals surface area contributed by atoms with E-state index in [1.165, 1.54) is 21.7 Å². The lowest BCUT2D eigenvalue weighted by Crippen LogP contribution is -2.16.